The SMILES string of the molecule is Cc1cc(C(=O)NC2CCCc3nc(-c4cccnc4)ncc32)n[nH]1. The third kappa shape index (κ3) is 3.13. The van der Waals surface area contributed by atoms with Crippen molar-refractivity contribution in [2.45, 2.75) is 32.2 Å². The fourth-order valence-electron chi connectivity index (χ4n) is 3.10. The zero-order valence-corrected chi connectivity index (χ0v) is 13.9. The number of H-pyrrole nitrogens is 1. The largest absolute Gasteiger partial charge is 0.344 e. The van der Waals surface area contributed by atoms with Gasteiger partial charge in [-0.15, -0.1) is 0 Å². The molecule has 1 aliphatic carbocycles. The summed E-state index contributed by atoms with van der Waals surface area (Å²) in [6, 6.07) is 5.46. The average Bonchev–Trinajstić information content (AvgIpc) is 3.09. The van der Waals surface area contributed by atoms with E-state index in [-0.39, 0.29) is 11.9 Å². The number of hydrogen-bond acceptors (Lipinski definition) is 5. The fraction of sp³-hybridized carbons (Fsp3) is 0.278. The molecule has 0 bridgehead atoms. The topological polar surface area (TPSA) is 96.5 Å². The highest BCUT2D eigenvalue weighted by Crippen LogP contribution is 2.29. The number of hydrogen-bond donors (Lipinski definition) is 2. The molecule has 25 heavy (non-hydrogen) atoms. The molecular weight excluding hydrogens is 316 g/mol. The Balaban J connectivity index is 1.59. The Morgan fingerprint density at radius 2 is 2.28 bits per heavy atom. The molecule has 1 atom stereocenters. The lowest BCUT2D eigenvalue weighted by Crippen LogP contribution is -2.31. The van der Waals surface area contributed by atoms with Gasteiger partial charge in [0.05, 0.1) is 6.04 Å². The lowest BCUT2D eigenvalue weighted by atomic mass is 9.92. The van der Waals surface area contributed by atoms with E-state index in [1.807, 2.05) is 25.3 Å². The maximum atomic E-state index is 12.4. The Kier molecular flexibility index (Phi) is 3.97. The van der Waals surface area contributed by atoms with E-state index in [2.05, 4.69) is 25.5 Å². The van der Waals surface area contributed by atoms with E-state index in [1.165, 1.54) is 0 Å². The molecule has 7 nitrogen and oxygen atoms in total. The highest BCUT2D eigenvalue weighted by Gasteiger charge is 2.25. The summed E-state index contributed by atoms with van der Waals surface area (Å²) in [5, 5.41) is 9.86. The number of nitrogens with one attached hydrogen (secondary N) is 2. The lowest BCUT2D eigenvalue weighted by Gasteiger charge is -2.25. The minimum Gasteiger partial charge on any atom is -0.344 e. The van der Waals surface area contributed by atoms with Gasteiger partial charge in [0.25, 0.3) is 5.91 Å². The second kappa shape index (κ2) is 6.43. The summed E-state index contributed by atoms with van der Waals surface area (Å²) >= 11 is 0. The van der Waals surface area contributed by atoms with Crippen molar-refractivity contribution in [1.29, 1.82) is 0 Å². The molecule has 0 fully saturated rings. The van der Waals surface area contributed by atoms with Crippen LogP contribution in [0.15, 0.2) is 36.8 Å². The first kappa shape index (κ1) is 15.4. The van der Waals surface area contributed by atoms with Crippen LogP contribution in [0.4, 0.5) is 0 Å². The summed E-state index contributed by atoms with van der Waals surface area (Å²) in [5.41, 5.74) is 4.13. The molecule has 1 amide bonds. The molecule has 3 aromatic heterocycles. The molecule has 126 valence electrons. The summed E-state index contributed by atoms with van der Waals surface area (Å²) in [4.78, 5) is 25.7. The van der Waals surface area contributed by atoms with Gasteiger partial charge in [-0.25, -0.2) is 9.97 Å². The van der Waals surface area contributed by atoms with Crippen LogP contribution in [0.25, 0.3) is 11.4 Å². The van der Waals surface area contributed by atoms with E-state index in [0.717, 1.165) is 41.8 Å². The van der Waals surface area contributed by atoms with Crippen LogP contribution in [-0.4, -0.2) is 31.1 Å². The van der Waals surface area contributed by atoms with Gasteiger partial charge < -0.3 is 5.32 Å². The van der Waals surface area contributed by atoms with E-state index in [0.29, 0.717) is 11.5 Å². The van der Waals surface area contributed by atoms with E-state index in [9.17, 15) is 4.79 Å². The van der Waals surface area contributed by atoms with Gasteiger partial charge in [-0.3, -0.25) is 14.9 Å². The number of carbonyl (C=O) groups excluding carboxylic acids is 1. The smallest absolute Gasteiger partial charge is 0.272 e. The Labute approximate surface area is 144 Å². The number of aromatic amines is 1. The van der Waals surface area contributed by atoms with E-state index in [1.54, 1.807) is 18.5 Å². The van der Waals surface area contributed by atoms with Crippen molar-refractivity contribution in [3.63, 3.8) is 0 Å². The molecule has 2 N–H and O–H groups in total. The second-order valence-corrected chi connectivity index (χ2v) is 6.19. The summed E-state index contributed by atoms with van der Waals surface area (Å²) in [6.07, 6.45) is 8.04. The summed E-state index contributed by atoms with van der Waals surface area (Å²) in [6.45, 7) is 1.87. The molecule has 0 saturated heterocycles. The number of fused-ring (bicyclic) bond motifs is 1. The normalized spacial score (nSPS) is 16.3. The Hall–Kier alpha value is -3.09. The van der Waals surface area contributed by atoms with Gasteiger partial charge in [-0.1, -0.05) is 0 Å². The first-order valence-electron chi connectivity index (χ1n) is 8.30. The van der Waals surface area contributed by atoms with Crippen LogP contribution in [0, 0.1) is 6.92 Å². The van der Waals surface area contributed by atoms with Crippen molar-refractivity contribution >= 4 is 5.91 Å². The first-order chi connectivity index (χ1) is 12.2. The van der Waals surface area contributed by atoms with Crippen LogP contribution in [0.2, 0.25) is 0 Å². The van der Waals surface area contributed by atoms with Crippen molar-refractivity contribution < 1.29 is 4.79 Å². The minimum absolute atomic E-state index is 0.0868. The number of nitrogens with zero attached hydrogens (tertiary/aromatic N) is 4. The Bertz CT molecular complexity index is 905. The van der Waals surface area contributed by atoms with Crippen LogP contribution in [0.5, 0.6) is 0 Å². The zero-order valence-electron chi connectivity index (χ0n) is 13.9. The molecule has 0 saturated carbocycles. The van der Waals surface area contributed by atoms with Gasteiger partial charge >= 0.3 is 0 Å². The molecular formula is C18H18N6O. The predicted molar refractivity (Wildman–Crippen MR) is 91.7 cm³/mol. The van der Waals surface area contributed by atoms with Gasteiger partial charge in [-0.2, -0.15) is 5.10 Å². The number of pyridine rings is 1. The molecule has 0 spiro atoms. The van der Waals surface area contributed by atoms with Crippen molar-refractivity contribution in [3.05, 3.63) is 59.4 Å². The summed E-state index contributed by atoms with van der Waals surface area (Å²) in [5.74, 6) is 0.486. The van der Waals surface area contributed by atoms with Gasteiger partial charge in [-0.05, 0) is 44.4 Å². The highest BCUT2D eigenvalue weighted by atomic mass is 16.2. The number of aromatic nitrogens is 5. The van der Waals surface area contributed by atoms with E-state index in [4.69, 9.17) is 4.98 Å². The molecule has 1 aliphatic rings. The van der Waals surface area contributed by atoms with Crippen molar-refractivity contribution in [2.24, 2.45) is 0 Å². The molecule has 0 aromatic carbocycles. The second-order valence-electron chi connectivity index (χ2n) is 6.19. The highest BCUT2D eigenvalue weighted by molar-refractivity contribution is 5.92. The maximum absolute atomic E-state index is 12.4. The minimum atomic E-state index is -0.182. The van der Waals surface area contributed by atoms with Crippen molar-refractivity contribution in [3.8, 4) is 11.4 Å². The fourth-order valence-corrected chi connectivity index (χ4v) is 3.10. The van der Waals surface area contributed by atoms with E-state index < -0.39 is 0 Å². The standard InChI is InChI=1S/C18H18N6O/c1-11-8-16(24-23-11)18(25)22-15-6-2-5-14-13(15)10-20-17(21-14)12-4-3-7-19-9-12/h3-4,7-10,15H,2,5-6H2,1H3,(H,22,25)(H,23,24). The maximum Gasteiger partial charge on any atom is 0.272 e. The third-order valence-electron chi connectivity index (χ3n) is 4.35. The van der Waals surface area contributed by atoms with Crippen LogP contribution >= 0.6 is 0 Å². The molecule has 3 heterocycles. The molecule has 3 aromatic rings. The molecule has 4 rings (SSSR count). The lowest BCUT2D eigenvalue weighted by molar-refractivity contribution is 0.0927. The van der Waals surface area contributed by atoms with Crippen molar-refractivity contribution in [1.82, 2.24) is 30.5 Å². The number of amides is 1. The molecule has 7 heteroatoms. The van der Waals surface area contributed by atoms with Crippen LogP contribution < -0.4 is 5.32 Å². The number of carbonyl (C=O) groups is 1. The van der Waals surface area contributed by atoms with Gasteiger partial charge in [0.1, 0.15) is 5.69 Å². The third-order valence-corrected chi connectivity index (χ3v) is 4.35. The predicted octanol–water partition coefficient (Wildman–Crippen LogP) is 2.38. The van der Waals surface area contributed by atoms with Gasteiger partial charge in [0, 0.05) is 41.1 Å². The molecule has 1 unspecified atom stereocenters. The number of rotatable bonds is 3. The van der Waals surface area contributed by atoms with Gasteiger partial charge in [0.15, 0.2) is 5.82 Å². The molecule has 0 radical (unpaired) electrons. The first-order valence-corrected chi connectivity index (χ1v) is 8.30. The van der Waals surface area contributed by atoms with Crippen molar-refractivity contribution in [2.75, 3.05) is 0 Å². The monoisotopic (exact) mass is 334 g/mol. The summed E-state index contributed by atoms with van der Waals surface area (Å²) < 4.78 is 0. The van der Waals surface area contributed by atoms with Crippen LogP contribution in [0.1, 0.15) is 46.3 Å². The average molecular weight is 334 g/mol. The summed E-state index contributed by atoms with van der Waals surface area (Å²) in [7, 11) is 0. The Morgan fingerprint density at radius 1 is 1.36 bits per heavy atom. The van der Waals surface area contributed by atoms with E-state index >= 15 is 0 Å². The molecule has 0 aliphatic heterocycles. The van der Waals surface area contributed by atoms with Crippen LogP contribution in [-0.2, 0) is 6.42 Å². The van der Waals surface area contributed by atoms with Gasteiger partial charge in [0.2, 0.25) is 0 Å². The zero-order chi connectivity index (χ0) is 17.2. The Morgan fingerprint density at radius 3 is 3.04 bits per heavy atom. The number of aryl methyl sites for hydroxylation is 2. The quantitative estimate of drug-likeness (QED) is 0.766. The van der Waals surface area contributed by atoms with Crippen LogP contribution in [0.3, 0.4) is 0 Å².